The summed E-state index contributed by atoms with van der Waals surface area (Å²) in [5.41, 5.74) is 5.08. The van der Waals surface area contributed by atoms with Crippen LogP contribution >= 0.6 is 11.3 Å². The van der Waals surface area contributed by atoms with Gasteiger partial charge < -0.3 is 5.32 Å². The Bertz CT molecular complexity index is 497. The molecule has 0 aliphatic heterocycles. The molecule has 2 heterocycles. The third kappa shape index (κ3) is 2.91. The second kappa shape index (κ2) is 5.54. The molecule has 1 N–H and O–H groups in total. The summed E-state index contributed by atoms with van der Waals surface area (Å²) in [6.45, 7) is 9.17. The average molecular weight is 262 g/mol. The SMILES string of the molecule is Cc1nc(-c2cncs2)nc(C)c1CNC(C)C. The highest BCUT2D eigenvalue weighted by atomic mass is 32.1. The molecule has 0 bridgehead atoms. The minimum absolute atomic E-state index is 0.463. The molecule has 0 aliphatic rings. The van der Waals surface area contributed by atoms with Crippen molar-refractivity contribution in [3.05, 3.63) is 28.7 Å². The number of nitrogens with one attached hydrogen (secondary N) is 1. The van der Waals surface area contributed by atoms with E-state index in [1.807, 2.05) is 20.0 Å². The van der Waals surface area contributed by atoms with Gasteiger partial charge in [0.1, 0.15) is 0 Å². The van der Waals surface area contributed by atoms with Crippen LogP contribution in [0.4, 0.5) is 0 Å². The number of nitrogens with zero attached hydrogens (tertiary/aromatic N) is 3. The molecule has 0 saturated carbocycles. The molecule has 2 aromatic heterocycles. The van der Waals surface area contributed by atoms with Gasteiger partial charge in [-0.25, -0.2) is 9.97 Å². The van der Waals surface area contributed by atoms with Crippen molar-refractivity contribution in [2.45, 2.75) is 40.3 Å². The molecule has 96 valence electrons. The van der Waals surface area contributed by atoms with E-state index in [9.17, 15) is 0 Å². The van der Waals surface area contributed by atoms with Crippen LogP contribution in [0.5, 0.6) is 0 Å². The molecule has 18 heavy (non-hydrogen) atoms. The van der Waals surface area contributed by atoms with Crippen molar-refractivity contribution in [1.29, 1.82) is 0 Å². The summed E-state index contributed by atoms with van der Waals surface area (Å²) in [7, 11) is 0. The minimum Gasteiger partial charge on any atom is -0.310 e. The van der Waals surface area contributed by atoms with Crippen molar-refractivity contribution in [3.63, 3.8) is 0 Å². The van der Waals surface area contributed by atoms with E-state index in [-0.39, 0.29) is 0 Å². The Morgan fingerprint density at radius 3 is 2.39 bits per heavy atom. The molecule has 0 aliphatic carbocycles. The van der Waals surface area contributed by atoms with Crippen LogP contribution in [-0.4, -0.2) is 21.0 Å². The zero-order valence-electron chi connectivity index (χ0n) is 11.2. The largest absolute Gasteiger partial charge is 0.310 e. The molecule has 5 heteroatoms. The number of thiazole rings is 1. The zero-order chi connectivity index (χ0) is 13.1. The lowest BCUT2D eigenvalue weighted by Crippen LogP contribution is -2.23. The highest BCUT2D eigenvalue weighted by molar-refractivity contribution is 7.13. The summed E-state index contributed by atoms with van der Waals surface area (Å²) in [5, 5.41) is 3.41. The molecule has 0 radical (unpaired) electrons. The van der Waals surface area contributed by atoms with Gasteiger partial charge in [0.05, 0.1) is 10.4 Å². The number of hydrogen-bond acceptors (Lipinski definition) is 5. The van der Waals surface area contributed by atoms with Crippen molar-refractivity contribution in [2.24, 2.45) is 0 Å². The Kier molecular flexibility index (Phi) is 4.04. The third-order valence-electron chi connectivity index (χ3n) is 2.76. The topological polar surface area (TPSA) is 50.7 Å². The van der Waals surface area contributed by atoms with Crippen LogP contribution < -0.4 is 5.32 Å². The molecule has 0 fully saturated rings. The van der Waals surface area contributed by atoms with Gasteiger partial charge in [-0.15, -0.1) is 11.3 Å². The smallest absolute Gasteiger partial charge is 0.171 e. The predicted octanol–water partition coefficient (Wildman–Crippen LogP) is 2.71. The summed E-state index contributed by atoms with van der Waals surface area (Å²) < 4.78 is 0. The molecular formula is C13H18N4S. The molecule has 0 spiro atoms. The lowest BCUT2D eigenvalue weighted by molar-refractivity contribution is 0.583. The quantitative estimate of drug-likeness (QED) is 0.920. The molecule has 0 atom stereocenters. The normalized spacial score (nSPS) is 11.2. The fourth-order valence-electron chi connectivity index (χ4n) is 1.74. The van der Waals surface area contributed by atoms with Crippen molar-refractivity contribution in [2.75, 3.05) is 0 Å². The fraction of sp³-hybridized carbons (Fsp3) is 0.462. The lowest BCUT2D eigenvalue weighted by atomic mass is 10.1. The lowest BCUT2D eigenvalue weighted by Gasteiger charge is -2.13. The second-order valence-electron chi connectivity index (χ2n) is 4.60. The van der Waals surface area contributed by atoms with Gasteiger partial charge in [0.25, 0.3) is 0 Å². The Morgan fingerprint density at radius 2 is 1.89 bits per heavy atom. The van der Waals surface area contributed by atoms with E-state index in [0.29, 0.717) is 6.04 Å². The molecule has 0 amide bonds. The summed E-state index contributed by atoms with van der Waals surface area (Å²) in [6, 6.07) is 0.463. The van der Waals surface area contributed by atoms with Crippen molar-refractivity contribution < 1.29 is 0 Å². The number of rotatable bonds is 4. The number of aryl methyl sites for hydroxylation is 2. The first-order valence-corrected chi connectivity index (χ1v) is 6.92. The van der Waals surface area contributed by atoms with Crippen molar-refractivity contribution in [3.8, 4) is 10.7 Å². The molecule has 0 unspecified atom stereocenters. The van der Waals surface area contributed by atoms with Gasteiger partial charge in [0.2, 0.25) is 0 Å². The molecule has 0 aromatic carbocycles. The first kappa shape index (κ1) is 13.1. The van der Waals surface area contributed by atoms with Crippen LogP contribution in [0, 0.1) is 13.8 Å². The van der Waals surface area contributed by atoms with Crippen LogP contribution in [0.2, 0.25) is 0 Å². The third-order valence-corrected chi connectivity index (χ3v) is 3.53. The maximum absolute atomic E-state index is 4.57. The van der Waals surface area contributed by atoms with E-state index in [4.69, 9.17) is 0 Å². The van der Waals surface area contributed by atoms with Crippen LogP contribution in [0.1, 0.15) is 30.8 Å². The summed E-state index contributed by atoms with van der Waals surface area (Å²) in [5.74, 6) is 0.779. The van der Waals surface area contributed by atoms with Crippen molar-refractivity contribution >= 4 is 11.3 Å². The van der Waals surface area contributed by atoms with Crippen LogP contribution in [-0.2, 0) is 6.54 Å². The number of aromatic nitrogens is 3. The fourth-order valence-corrected chi connectivity index (χ4v) is 2.29. The van der Waals surface area contributed by atoms with Crippen LogP contribution in [0.3, 0.4) is 0 Å². The summed E-state index contributed by atoms with van der Waals surface area (Å²) in [4.78, 5) is 14.2. The Hall–Kier alpha value is -1.33. The number of hydrogen-bond donors (Lipinski definition) is 1. The second-order valence-corrected chi connectivity index (χ2v) is 5.48. The van der Waals surface area contributed by atoms with Gasteiger partial charge in [0, 0.05) is 35.7 Å². The Labute approximate surface area is 112 Å². The highest BCUT2D eigenvalue weighted by Gasteiger charge is 2.11. The van der Waals surface area contributed by atoms with Crippen LogP contribution in [0.25, 0.3) is 10.7 Å². The van der Waals surface area contributed by atoms with E-state index in [1.54, 1.807) is 16.8 Å². The van der Waals surface area contributed by atoms with E-state index in [2.05, 4.69) is 34.1 Å². The van der Waals surface area contributed by atoms with Gasteiger partial charge in [-0.3, -0.25) is 4.98 Å². The average Bonchev–Trinajstić information content (AvgIpc) is 2.80. The first-order chi connectivity index (χ1) is 8.58. The first-order valence-electron chi connectivity index (χ1n) is 6.04. The molecule has 2 aromatic rings. The van der Waals surface area contributed by atoms with E-state index in [1.165, 1.54) is 5.56 Å². The van der Waals surface area contributed by atoms with Gasteiger partial charge in [-0.05, 0) is 13.8 Å². The van der Waals surface area contributed by atoms with Gasteiger partial charge in [-0.2, -0.15) is 0 Å². The monoisotopic (exact) mass is 262 g/mol. The van der Waals surface area contributed by atoms with E-state index < -0.39 is 0 Å². The summed E-state index contributed by atoms with van der Waals surface area (Å²) in [6.07, 6.45) is 1.81. The summed E-state index contributed by atoms with van der Waals surface area (Å²) >= 11 is 1.57. The minimum atomic E-state index is 0.463. The molecular weight excluding hydrogens is 244 g/mol. The van der Waals surface area contributed by atoms with Crippen molar-refractivity contribution in [1.82, 2.24) is 20.3 Å². The molecule has 4 nitrogen and oxygen atoms in total. The predicted molar refractivity (Wildman–Crippen MR) is 74.6 cm³/mol. The Balaban J connectivity index is 2.29. The van der Waals surface area contributed by atoms with Crippen LogP contribution in [0.15, 0.2) is 11.7 Å². The zero-order valence-corrected chi connectivity index (χ0v) is 12.0. The van der Waals surface area contributed by atoms with Gasteiger partial charge in [-0.1, -0.05) is 13.8 Å². The standard InChI is InChI=1S/C13H18N4S/c1-8(2)15-5-11-9(3)16-13(17-10(11)4)12-6-14-7-18-12/h6-8,15H,5H2,1-4H3. The van der Waals surface area contributed by atoms with E-state index >= 15 is 0 Å². The highest BCUT2D eigenvalue weighted by Crippen LogP contribution is 2.21. The van der Waals surface area contributed by atoms with Gasteiger partial charge >= 0.3 is 0 Å². The maximum atomic E-state index is 4.57. The maximum Gasteiger partial charge on any atom is 0.171 e. The van der Waals surface area contributed by atoms with E-state index in [0.717, 1.165) is 28.6 Å². The molecule has 2 rings (SSSR count). The van der Waals surface area contributed by atoms with Gasteiger partial charge in [0.15, 0.2) is 5.82 Å². The Morgan fingerprint density at radius 1 is 1.22 bits per heavy atom. The molecule has 0 saturated heterocycles.